The van der Waals surface area contributed by atoms with Gasteiger partial charge in [-0.1, -0.05) is 0 Å². The van der Waals surface area contributed by atoms with Gasteiger partial charge in [-0.25, -0.2) is 4.79 Å². The zero-order valence-corrected chi connectivity index (χ0v) is 11.3. The van der Waals surface area contributed by atoms with E-state index in [1.54, 1.807) is 6.07 Å². The third kappa shape index (κ3) is 2.53. The number of carboxylic acid groups (broad SMARTS) is 1. The molecule has 18 heavy (non-hydrogen) atoms. The normalized spacial score (nSPS) is 19.6. The molecule has 1 fully saturated rings. The summed E-state index contributed by atoms with van der Waals surface area (Å²) in [5.41, 5.74) is 0.457. The van der Waals surface area contributed by atoms with Crippen molar-refractivity contribution in [3.63, 3.8) is 0 Å². The van der Waals surface area contributed by atoms with Gasteiger partial charge in [0.25, 0.3) is 5.91 Å². The zero-order chi connectivity index (χ0) is 13.1. The first-order valence-corrected chi connectivity index (χ1v) is 6.54. The highest BCUT2D eigenvalue weighted by Crippen LogP contribution is 2.23. The molecule has 5 nitrogen and oxygen atoms in total. The van der Waals surface area contributed by atoms with Gasteiger partial charge in [-0.15, -0.1) is 0 Å². The maximum Gasteiger partial charge on any atom is 0.326 e. The van der Waals surface area contributed by atoms with Crippen molar-refractivity contribution in [3.05, 3.63) is 28.5 Å². The highest BCUT2D eigenvalue weighted by atomic mass is 79.9. The molecule has 2 rings (SSSR count). The predicted molar refractivity (Wildman–Crippen MR) is 68.2 cm³/mol. The first-order chi connectivity index (χ1) is 8.61. The minimum absolute atomic E-state index is 0.253. The standard InChI is InChI=1S/C12H13BrN2O3/c13-9-7-14-5-4-8(9)11(16)15-6-2-1-3-10(15)12(17)18/h4-5,7,10H,1-3,6H2,(H,17,18). The van der Waals surface area contributed by atoms with Gasteiger partial charge in [-0.3, -0.25) is 9.78 Å². The maximum atomic E-state index is 12.3. The van der Waals surface area contributed by atoms with Crippen LogP contribution >= 0.6 is 15.9 Å². The summed E-state index contributed by atoms with van der Waals surface area (Å²) in [5, 5.41) is 9.16. The van der Waals surface area contributed by atoms with E-state index in [2.05, 4.69) is 20.9 Å². The van der Waals surface area contributed by atoms with Gasteiger partial charge < -0.3 is 10.0 Å². The van der Waals surface area contributed by atoms with Crippen molar-refractivity contribution in [2.24, 2.45) is 0 Å². The van der Waals surface area contributed by atoms with Gasteiger partial charge in [-0.2, -0.15) is 0 Å². The zero-order valence-electron chi connectivity index (χ0n) is 9.67. The fourth-order valence-electron chi connectivity index (χ4n) is 2.13. The number of likely N-dealkylation sites (tertiary alicyclic amines) is 1. The van der Waals surface area contributed by atoms with Crippen LogP contribution in [0.3, 0.4) is 0 Å². The van der Waals surface area contributed by atoms with Crippen molar-refractivity contribution in [3.8, 4) is 0 Å². The summed E-state index contributed by atoms with van der Waals surface area (Å²) in [6, 6.07) is 0.881. The number of amides is 1. The van der Waals surface area contributed by atoms with Crippen LogP contribution in [-0.4, -0.2) is 39.5 Å². The SMILES string of the molecule is O=C(O)C1CCCCN1C(=O)c1ccncc1Br. The lowest BCUT2D eigenvalue weighted by Gasteiger charge is -2.33. The molecule has 1 amide bonds. The average Bonchev–Trinajstić information content (AvgIpc) is 2.38. The molecule has 0 radical (unpaired) electrons. The van der Waals surface area contributed by atoms with Gasteiger partial charge in [0, 0.05) is 23.4 Å². The lowest BCUT2D eigenvalue weighted by atomic mass is 10.0. The predicted octanol–water partition coefficient (Wildman–Crippen LogP) is 1.92. The molecule has 1 aromatic rings. The second-order valence-corrected chi connectivity index (χ2v) is 5.06. The number of carbonyl (C=O) groups excluding carboxylic acids is 1. The molecule has 1 atom stereocenters. The summed E-state index contributed by atoms with van der Waals surface area (Å²) in [6.07, 6.45) is 5.27. The number of hydrogen-bond acceptors (Lipinski definition) is 3. The number of halogens is 1. The van der Waals surface area contributed by atoms with E-state index in [0.29, 0.717) is 23.0 Å². The Hall–Kier alpha value is -1.43. The molecule has 0 aliphatic carbocycles. The van der Waals surface area contributed by atoms with E-state index < -0.39 is 12.0 Å². The molecule has 6 heteroatoms. The highest BCUT2D eigenvalue weighted by Gasteiger charge is 2.32. The van der Waals surface area contributed by atoms with Gasteiger partial charge in [0.2, 0.25) is 0 Å². The Kier molecular flexibility index (Phi) is 3.96. The van der Waals surface area contributed by atoms with Gasteiger partial charge >= 0.3 is 5.97 Å². The molecule has 96 valence electrons. The van der Waals surface area contributed by atoms with Crippen LogP contribution in [0, 0.1) is 0 Å². The van der Waals surface area contributed by atoms with Gasteiger partial charge in [0.05, 0.1) is 5.56 Å². The molecular weight excluding hydrogens is 300 g/mol. The first-order valence-electron chi connectivity index (χ1n) is 5.74. The number of aliphatic carboxylic acids is 1. The van der Waals surface area contributed by atoms with Crippen molar-refractivity contribution >= 4 is 27.8 Å². The third-order valence-electron chi connectivity index (χ3n) is 3.05. The second kappa shape index (κ2) is 5.48. The Morgan fingerprint density at radius 3 is 2.89 bits per heavy atom. The fraction of sp³-hybridized carbons (Fsp3) is 0.417. The highest BCUT2D eigenvalue weighted by molar-refractivity contribution is 9.10. The molecule has 0 spiro atoms. The molecule has 1 N–H and O–H groups in total. The lowest BCUT2D eigenvalue weighted by molar-refractivity contribution is -0.143. The van der Waals surface area contributed by atoms with E-state index in [1.165, 1.54) is 17.3 Å². The number of rotatable bonds is 2. The molecule has 2 heterocycles. The number of aromatic nitrogens is 1. The van der Waals surface area contributed by atoms with Crippen LogP contribution in [0.1, 0.15) is 29.6 Å². The Morgan fingerprint density at radius 2 is 2.22 bits per heavy atom. The summed E-state index contributed by atoms with van der Waals surface area (Å²) in [7, 11) is 0. The van der Waals surface area contributed by atoms with E-state index in [0.717, 1.165) is 12.8 Å². The number of pyridine rings is 1. The smallest absolute Gasteiger partial charge is 0.326 e. The minimum Gasteiger partial charge on any atom is -0.480 e. The lowest BCUT2D eigenvalue weighted by Crippen LogP contribution is -2.48. The first kappa shape index (κ1) is 13.0. The average molecular weight is 313 g/mol. The number of piperidine rings is 1. The van der Waals surface area contributed by atoms with Crippen LogP contribution in [0.25, 0.3) is 0 Å². The summed E-state index contributed by atoms with van der Waals surface area (Å²) >= 11 is 3.26. The van der Waals surface area contributed by atoms with E-state index >= 15 is 0 Å². The molecule has 0 saturated carbocycles. The van der Waals surface area contributed by atoms with Gasteiger partial charge in [0.15, 0.2) is 0 Å². The topological polar surface area (TPSA) is 70.5 Å². The largest absolute Gasteiger partial charge is 0.480 e. The third-order valence-corrected chi connectivity index (χ3v) is 3.68. The summed E-state index contributed by atoms with van der Waals surface area (Å²) in [6.45, 7) is 0.491. The molecule has 0 aromatic carbocycles. The minimum atomic E-state index is -0.937. The van der Waals surface area contributed by atoms with Crippen molar-refractivity contribution in [1.82, 2.24) is 9.88 Å². The Morgan fingerprint density at radius 1 is 1.44 bits per heavy atom. The van der Waals surface area contributed by atoms with Crippen molar-refractivity contribution in [1.29, 1.82) is 0 Å². The maximum absolute atomic E-state index is 12.3. The van der Waals surface area contributed by atoms with Crippen LogP contribution in [-0.2, 0) is 4.79 Å². The Labute approximate surface area is 113 Å². The molecule has 1 aliphatic rings. The molecule has 1 unspecified atom stereocenters. The van der Waals surface area contributed by atoms with Crippen LogP contribution in [0.4, 0.5) is 0 Å². The summed E-state index contributed by atoms with van der Waals surface area (Å²) < 4.78 is 0.588. The van der Waals surface area contributed by atoms with Crippen molar-refractivity contribution < 1.29 is 14.7 Å². The van der Waals surface area contributed by atoms with Crippen LogP contribution < -0.4 is 0 Å². The van der Waals surface area contributed by atoms with E-state index in [-0.39, 0.29) is 5.91 Å². The van der Waals surface area contributed by atoms with Crippen LogP contribution in [0.5, 0.6) is 0 Å². The molecule has 1 aliphatic heterocycles. The quantitative estimate of drug-likeness (QED) is 0.905. The second-order valence-electron chi connectivity index (χ2n) is 4.20. The molecule has 1 saturated heterocycles. The van der Waals surface area contributed by atoms with Crippen molar-refractivity contribution in [2.45, 2.75) is 25.3 Å². The van der Waals surface area contributed by atoms with Gasteiger partial charge in [0.1, 0.15) is 6.04 Å². The Bertz CT molecular complexity index is 478. The number of hydrogen-bond donors (Lipinski definition) is 1. The monoisotopic (exact) mass is 312 g/mol. The molecule has 1 aromatic heterocycles. The fourth-order valence-corrected chi connectivity index (χ4v) is 2.55. The number of nitrogens with zero attached hydrogens (tertiary/aromatic N) is 2. The van der Waals surface area contributed by atoms with E-state index in [9.17, 15) is 9.59 Å². The Balaban J connectivity index is 2.27. The van der Waals surface area contributed by atoms with E-state index in [1.807, 2.05) is 0 Å². The van der Waals surface area contributed by atoms with Crippen LogP contribution in [0.15, 0.2) is 22.9 Å². The molecular formula is C12H13BrN2O3. The van der Waals surface area contributed by atoms with Crippen LogP contribution in [0.2, 0.25) is 0 Å². The number of carboxylic acids is 1. The van der Waals surface area contributed by atoms with Crippen molar-refractivity contribution in [2.75, 3.05) is 6.54 Å². The number of carbonyl (C=O) groups is 2. The van der Waals surface area contributed by atoms with E-state index in [4.69, 9.17) is 5.11 Å². The molecule has 0 bridgehead atoms. The summed E-state index contributed by atoms with van der Waals surface area (Å²) in [4.78, 5) is 28.8. The summed E-state index contributed by atoms with van der Waals surface area (Å²) in [5.74, 6) is -1.19. The van der Waals surface area contributed by atoms with Gasteiger partial charge in [-0.05, 0) is 41.3 Å².